The molecule has 3 rings (SSSR count). The number of ether oxygens (including phenoxy) is 1. The molecule has 0 fully saturated rings. The summed E-state index contributed by atoms with van der Waals surface area (Å²) in [5.41, 5.74) is 1.84. The summed E-state index contributed by atoms with van der Waals surface area (Å²) in [5.74, 6) is -0.748. The normalized spacial score (nSPS) is 12.6. The summed E-state index contributed by atoms with van der Waals surface area (Å²) in [4.78, 5) is 43.6. The highest BCUT2D eigenvalue weighted by Gasteiger charge is 2.36. The minimum atomic E-state index is -1.06. The number of anilines is 1. The number of aromatic hydroxyl groups is 1. The van der Waals surface area contributed by atoms with Gasteiger partial charge in [0.15, 0.2) is 0 Å². The molecule has 0 spiro atoms. The molecule has 0 bridgehead atoms. The van der Waals surface area contributed by atoms with Gasteiger partial charge >= 0.3 is 6.09 Å². The number of phenols is 1. The zero-order valence-electron chi connectivity index (χ0n) is 27.6. The number of para-hydroxylation sites is 1. The number of carbonyl (C=O) groups is 3. The second kappa shape index (κ2) is 17.6. The number of benzene rings is 3. The maximum Gasteiger partial charge on any atom is 0.408 e. The van der Waals surface area contributed by atoms with Crippen LogP contribution in [0.5, 0.6) is 5.75 Å². The molecule has 2 unspecified atom stereocenters. The summed E-state index contributed by atoms with van der Waals surface area (Å²) in [5, 5.41) is 16.0. The molecular formula is C37H48ClN3O5. The third-order valence-electron chi connectivity index (χ3n) is 7.55. The highest BCUT2D eigenvalue weighted by atomic mass is 35.5. The molecule has 9 heteroatoms. The van der Waals surface area contributed by atoms with E-state index in [0.717, 1.165) is 43.2 Å². The first-order valence-corrected chi connectivity index (χ1v) is 16.5. The van der Waals surface area contributed by atoms with Gasteiger partial charge in [0.1, 0.15) is 23.4 Å². The van der Waals surface area contributed by atoms with Gasteiger partial charge in [-0.25, -0.2) is 4.79 Å². The number of halogens is 1. The summed E-state index contributed by atoms with van der Waals surface area (Å²) in [6.45, 7) is 9.57. The quantitative estimate of drug-likeness (QED) is 0.143. The van der Waals surface area contributed by atoms with Crippen molar-refractivity contribution in [2.24, 2.45) is 0 Å². The monoisotopic (exact) mass is 649 g/mol. The Morgan fingerprint density at radius 3 is 2.17 bits per heavy atom. The number of nitrogens with zero attached hydrogens (tertiary/aromatic N) is 1. The van der Waals surface area contributed by atoms with E-state index >= 15 is 0 Å². The van der Waals surface area contributed by atoms with Crippen LogP contribution in [0.1, 0.15) is 89.0 Å². The van der Waals surface area contributed by atoms with Crippen LogP contribution in [0.4, 0.5) is 10.5 Å². The smallest absolute Gasteiger partial charge is 0.408 e. The van der Waals surface area contributed by atoms with Gasteiger partial charge in [0.05, 0.1) is 10.7 Å². The molecule has 3 N–H and O–H groups in total. The molecule has 0 aliphatic rings. The highest BCUT2D eigenvalue weighted by molar-refractivity contribution is 6.34. The van der Waals surface area contributed by atoms with E-state index in [1.165, 1.54) is 12.1 Å². The molecule has 0 saturated carbocycles. The van der Waals surface area contributed by atoms with Crippen molar-refractivity contribution in [3.63, 3.8) is 0 Å². The first-order chi connectivity index (χ1) is 21.9. The van der Waals surface area contributed by atoms with Gasteiger partial charge in [-0.1, -0.05) is 105 Å². The molecule has 0 aromatic heterocycles. The van der Waals surface area contributed by atoms with E-state index in [9.17, 15) is 19.5 Å². The maximum absolute atomic E-state index is 14.7. The Labute approximate surface area is 278 Å². The summed E-state index contributed by atoms with van der Waals surface area (Å²) in [6, 6.07) is 18.9. The van der Waals surface area contributed by atoms with E-state index in [0.29, 0.717) is 29.2 Å². The number of alkyl carbamates (subject to hydrolysis) is 1. The number of hydrogen-bond donors (Lipinski definition) is 3. The Hall–Kier alpha value is -4.04. The van der Waals surface area contributed by atoms with Crippen molar-refractivity contribution < 1.29 is 24.2 Å². The molecule has 3 aromatic rings. The highest BCUT2D eigenvalue weighted by Crippen LogP contribution is 2.30. The van der Waals surface area contributed by atoms with E-state index in [2.05, 4.69) is 17.6 Å². The van der Waals surface area contributed by atoms with Crippen molar-refractivity contribution in [2.45, 2.75) is 97.2 Å². The molecule has 3 aromatic carbocycles. The van der Waals surface area contributed by atoms with Crippen LogP contribution in [-0.2, 0) is 20.7 Å². The predicted octanol–water partition coefficient (Wildman–Crippen LogP) is 8.36. The molecule has 0 aliphatic heterocycles. The van der Waals surface area contributed by atoms with Crippen LogP contribution in [-0.4, -0.2) is 46.1 Å². The van der Waals surface area contributed by atoms with Crippen molar-refractivity contribution >= 4 is 35.2 Å². The van der Waals surface area contributed by atoms with Crippen LogP contribution in [0, 0.1) is 6.92 Å². The molecule has 248 valence electrons. The van der Waals surface area contributed by atoms with Gasteiger partial charge in [0.2, 0.25) is 5.91 Å². The fourth-order valence-electron chi connectivity index (χ4n) is 5.24. The minimum absolute atomic E-state index is 0.0899. The molecule has 0 radical (unpaired) electrons. The Kier molecular flexibility index (Phi) is 13.9. The molecule has 0 aliphatic carbocycles. The fourth-order valence-corrected chi connectivity index (χ4v) is 5.51. The molecule has 0 heterocycles. The average molecular weight is 650 g/mol. The number of aryl methyl sites for hydroxylation is 1. The predicted molar refractivity (Wildman–Crippen MR) is 184 cm³/mol. The number of nitrogens with one attached hydrogen (secondary N) is 2. The van der Waals surface area contributed by atoms with E-state index in [1.54, 1.807) is 43.9 Å². The Morgan fingerprint density at radius 1 is 0.891 bits per heavy atom. The summed E-state index contributed by atoms with van der Waals surface area (Å²) in [6.07, 6.45) is 5.33. The van der Waals surface area contributed by atoms with Crippen molar-refractivity contribution in [3.8, 4) is 5.75 Å². The van der Waals surface area contributed by atoms with Gasteiger partial charge < -0.3 is 25.4 Å². The van der Waals surface area contributed by atoms with Crippen LogP contribution in [0.25, 0.3) is 0 Å². The van der Waals surface area contributed by atoms with Crippen LogP contribution >= 0.6 is 11.6 Å². The second-order valence-corrected chi connectivity index (χ2v) is 13.0. The lowest BCUT2D eigenvalue weighted by Gasteiger charge is -2.35. The largest absolute Gasteiger partial charge is 0.508 e. The number of amides is 3. The first kappa shape index (κ1) is 36.4. The zero-order chi connectivity index (χ0) is 33.7. The zero-order valence-corrected chi connectivity index (χ0v) is 28.4. The van der Waals surface area contributed by atoms with E-state index in [4.69, 9.17) is 16.3 Å². The Balaban J connectivity index is 2.05. The lowest BCUT2D eigenvalue weighted by Crippen LogP contribution is -2.53. The number of unbranched alkanes of at least 4 members (excludes halogenated alkanes) is 5. The van der Waals surface area contributed by atoms with Crippen molar-refractivity contribution in [1.29, 1.82) is 0 Å². The van der Waals surface area contributed by atoms with Crippen molar-refractivity contribution in [3.05, 3.63) is 94.5 Å². The lowest BCUT2D eigenvalue weighted by molar-refractivity contribution is -0.140. The van der Waals surface area contributed by atoms with E-state index < -0.39 is 35.6 Å². The number of rotatable bonds is 15. The van der Waals surface area contributed by atoms with Crippen molar-refractivity contribution in [2.75, 3.05) is 11.9 Å². The third kappa shape index (κ3) is 11.4. The minimum Gasteiger partial charge on any atom is -0.508 e. The maximum atomic E-state index is 14.7. The molecule has 0 saturated heterocycles. The molecular weight excluding hydrogens is 602 g/mol. The van der Waals surface area contributed by atoms with Gasteiger partial charge in [-0.2, -0.15) is 0 Å². The number of carbonyl (C=O) groups excluding carboxylic acids is 3. The topological polar surface area (TPSA) is 108 Å². The lowest BCUT2D eigenvalue weighted by atomic mass is 9.99. The van der Waals surface area contributed by atoms with Crippen LogP contribution < -0.4 is 10.6 Å². The van der Waals surface area contributed by atoms with Crippen molar-refractivity contribution in [1.82, 2.24) is 10.2 Å². The summed E-state index contributed by atoms with van der Waals surface area (Å²) >= 11 is 6.50. The average Bonchev–Trinajstić information content (AvgIpc) is 3.00. The van der Waals surface area contributed by atoms with E-state index in [1.807, 2.05) is 49.4 Å². The van der Waals surface area contributed by atoms with Gasteiger partial charge in [0, 0.05) is 13.0 Å². The SMILES string of the molecule is CCCCCCCCN(C(=O)C(Cc1ccc(O)cc1)NC(=O)OC(C)(C)C)C(C(=O)Nc1c(C)cccc1Cl)c1ccccc1. The molecule has 46 heavy (non-hydrogen) atoms. The summed E-state index contributed by atoms with van der Waals surface area (Å²) < 4.78 is 5.53. The van der Waals surface area contributed by atoms with Crippen LogP contribution in [0.15, 0.2) is 72.8 Å². The summed E-state index contributed by atoms with van der Waals surface area (Å²) in [7, 11) is 0. The van der Waals surface area contributed by atoms with Crippen LogP contribution in [0.3, 0.4) is 0 Å². The Bertz CT molecular complexity index is 1400. The number of phenolic OH excluding ortho intramolecular Hbond substituents is 1. The van der Waals surface area contributed by atoms with Gasteiger partial charge in [0.25, 0.3) is 5.91 Å². The Morgan fingerprint density at radius 2 is 1.54 bits per heavy atom. The van der Waals surface area contributed by atoms with E-state index in [-0.39, 0.29) is 12.2 Å². The van der Waals surface area contributed by atoms with Crippen LogP contribution in [0.2, 0.25) is 5.02 Å². The standard InChI is InChI=1S/C37H48ClN3O5/c1-6-7-8-9-10-14-24-41(33(28-17-12-11-13-18-28)34(43)40-32-26(2)16-15-19-30(32)38)35(44)31(39-36(45)46-37(3,4)5)25-27-20-22-29(42)23-21-27/h11-13,15-23,31,33,42H,6-10,14,24-25H2,1-5H3,(H,39,45)(H,40,43). The molecule has 2 atom stereocenters. The van der Waals surface area contributed by atoms with Gasteiger partial charge in [-0.15, -0.1) is 0 Å². The second-order valence-electron chi connectivity index (χ2n) is 12.6. The first-order valence-electron chi connectivity index (χ1n) is 16.1. The van der Waals surface area contributed by atoms with Gasteiger partial charge in [-0.05, 0) is 69.0 Å². The molecule has 3 amide bonds. The fraction of sp³-hybridized carbons (Fsp3) is 0.432. The van der Waals surface area contributed by atoms with Gasteiger partial charge in [-0.3, -0.25) is 9.59 Å². The number of hydrogen-bond acceptors (Lipinski definition) is 5. The molecule has 8 nitrogen and oxygen atoms in total. The third-order valence-corrected chi connectivity index (χ3v) is 7.86.